The molecule has 9 heteroatoms. The monoisotopic (exact) mass is 392 g/mol. The van der Waals surface area contributed by atoms with E-state index in [0.717, 1.165) is 0 Å². The van der Waals surface area contributed by atoms with E-state index in [-0.39, 0.29) is 41.3 Å². The Morgan fingerprint density at radius 3 is 2.41 bits per heavy atom. The average molecular weight is 392 g/mol. The van der Waals surface area contributed by atoms with Crippen LogP contribution in [0.4, 0.5) is 10.1 Å². The Morgan fingerprint density at radius 2 is 1.85 bits per heavy atom. The Balaban J connectivity index is 1.92. The van der Waals surface area contributed by atoms with Crippen LogP contribution < -0.4 is 0 Å². The summed E-state index contributed by atoms with van der Waals surface area (Å²) in [6.07, 6.45) is 0.273. The Bertz CT molecular complexity index is 976. The summed E-state index contributed by atoms with van der Waals surface area (Å²) in [5.41, 5.74) is 0.300. The van der Waals surface area contributed by atoms with E-state index in [4.69, 9.17) is 0 Å². The predicted molar refractivity (Wildman–Crippen MR) is 96.4 cm³/mol. The number of hydrogen-bond donors (Lipinski definition) is 0. The van der Waals surface area contributed by atoms with Crippen LogP contribution in [0, 0.1) is 15.9 Å². The van der Waals surface area contributed by atoms with Gasteiger partial charge in [0.25, 0.3) is 11.6 Å². The van der Waals surface area contributed by atoms with Crippen molar-refractivity contribution in [2.75, 3.05) is 11.5 Å². The molecule has 1 saturated heterocycles. The zero-order chi connectivity index (χ0) is 19.6. The van der Waals surface area contributed by atoms with Crippen molar-refractivity contribution in [2.45, 2.75) is 19.0 Å². The Morgan fingerprint density at radius 1 is 1.19 bits per heavy atom. The Hall–Kier alpha value is -2.81. The van der Waals surface area contributed by atoms with E-state index >= 15 is 0 Å². The lowest BCUT2D eigenvalue weighted by Crippen LogP contribution is -2.40. The van der Waals surface area contributed by atoms with Gasteiger partial charge in [0.15, 0.2) is 9.84 Å². The molecule has 2 aromatic rings. The second-order valence-electron chi connectivity index (χ2n) is 6.39. The number of non-ortho nitro benzene ring substituents is 1. The number of halogens is 1. The van der Waals surface area contributed by atoms with E-state index in [2.05, 4.69) is 0 Å². The van der Waals surface area contributed by atoms with Crippen molar-refractivity contribution >= 4 is 21.4 Å². The minimum atomic E-state index is -3.25. The van der Waals surface area contributed by atoms with Crippen LogP contribution in [-0.2, 0) is 16.4 Å². The molecule has 1 heterocycles. The first-order valence-electron chi connectivity index (χ1n) is 8.26. The quantitative estimate of drug-likeness (QED) is 0.575. The topological polar surface area (TPSA) is 97.6 Å². The summed E-state index contributed by atoms with van der Waals surface area (Å²) in [7, 11) is -3.25. The SMILES string of the molecule is O=C(c1ccc([N+](=O)[O-])cc1)N(Cc1ccccc1F)[C@H]1CCS(=O)(=O)C1. The fourth-order valence-corrected chi connectivity index (χ4v) is 4.82. The maximum atomic E-state index is 14.1. The first-order valence-corrected chi connectivity index (χ1v) is 10.1. The van der Waals surface area contributed by atoms with E-state index in [0.29, 0.717) is 0 Å². The second-order valence-corrected chi connectivity index (χ2v) is 8.61. The highest BCUT2D eigenvalue weighted by molar-refractivity contribution is 7.91. The molecule has 142 valence electrons. The molecule has 0 aromatic heterocycles. The van der Waals surface area contributed by atoms with Gasteiger partial charge in [0, 0.05) is 35.8 Å². The van der Waals surface area contributed by atoms with Crippen molar-refractivity contribution in [3.05, 3.63) is 75.6 Å². The van der Waals surface area contributed by atoms with Gasteiger partial charge < -0.3 is 4.90 Å². The third kappa shape index (κ3) is 4.30. The first kappa shape index (κ1) is 19.0. The van der Waals surface area contributed by atoms with E-state index in [9.17, 15) is 27.7 Å². The highest BCUT2D eigenvalue weighted by Gasteiger charge is 2.35. The Labute approximate surface area is 155 Å². The molecule has 0 spiro atoms. The Kier molecular flexibility index (Phi) is 5.22. The van der Waals surface area contributed by atoms with Crippen molar-refractivity contribution in [3.8, 4) is 0 Å². The van der Waals surface area contributed by atoms with Gasteiger partial charge in [0.2, 0.25) is 0 Å². The molecule has 1 fully saturated rings. The van der Waals surface area contributed by atoms with Crippen LogP contribution in [0.1, 0.15) is 22.3 Å². The normalized spacial score (nSPS) is 18.2. The summed E-state index contributed by atoms with van der Waals surface area (Å²) >= 11 is 0. The number of sulfone groups is 1. The molecule has 7 nitrogen and oxygen atoms in total. The van der Waals surface area contributed by atoms with Crippen molar-refractivity contribution < 1.29 is 22.5 Å². The van der Waals surface area contributed by atoms with Crippen LogP contribution in [-0.4, -0.2) is 41.7 Å². The number of rotatable bonds is 5. The fourth-order valence-electron chi connectivity index (χ4n) is 3.09. The lowest BCUT2D eigenvalue weighted by atomic mass is 10.1. The molecule has 27 heavy (non-hydrogen) atoms. The predicted octanol–water partition coefficient (Wildman–Crippen LogP) is 2.56. The van der Waals surface area contributed by atoms with E-state index in [1.807, 2.05) is 0 Å². The maximum Gasteiger partial charge on any atom is 0.269 e. The van der Waals surface area contributed by atoms with Crippen LogP contribution in [0.15, 0.2) is 48.5 Å². The molecule has 0 radical (unpaired) electrons. The van der Waals surface area contributed by atoms with Crippen molar-refractivity contribution in [1.82, 2.24) is 4.90 Å². The number of hydrogen-bond acceptors (Lipinski definition) is 5. The van der Waals surface area contributed by atoms with Gasteiger partial charge in [-0.2, -0.15) is 0 Å². The van der Waals surface area contributed by atoms with Crippen molar-refractivity contribution in [2.24, 2.45) is 0 Å². The molecule has 3 rings (SSSR count). The molecular weight excluding hydrogens is 375 g/mol. The average Bonchev–Trinajstić information content (AvgIpc) is 3.00. The van der Waals surface area contributed by atoms with Crippen LogP contribution in [0.5, 0.6) is 0 Å². The molecular formula is C18H17FN2O5S. The molecule has 0 unspecified atom stereocenters. The van der Waals surface area contributed by atoms with Crippen LogP contribution >= 0.6 is 0 Å². The minimum absolute atomic E-state index is 0.0288. The van der Waals surface area contributed by atoms with Gasteiger partial charge >= 0.3 is 0 Å². The number of carbonyl (C=O) groups is 1. The van der Waals surface area contributed by atoms with E-state index in [1.165, 1.54) is 47.4 Å². The summed E-state index contributed by atoms with van der Waals surface area (Å²) in [6.45, 7) is -0.0807. The largest absolute Gasteiger partial charge is 0.330 e. The zero-order valence-electron chi connectivity index (χ0n) is 14.2. The summed E-state index contributed by atoms with van der Waals surface area (Å²) in [6, 6.07) is 10.5. The van der Waals surface area contributed by atoms with E-state index in [1.54, 1.807) is 6.07 Å². The number of nitro groups is 1. The maximum absolute atomic E-state index is 14.1. The van der Waals surface area contributed by atoms with Gasteiger partial charge in [-0.3, -0.25) is 14.9 Å². The standard InChI is InChI=1S/C18H17FN2O5S/c19-17-4-2-1-3-14(17)11-20(16-9-10-27(25,26)12-16)18(22)13-5-7-15(8-6-13)21(23)24/h1-8,16H,9-12H2/t16-/m0/s1. The number of nitrogens with zero attached hydrogens (tertiary/aromatic N) is 2. The molecule has 2 aromatic carbocycles. The number of benzene rings is 2. The third-order valence-corrected chi connectivity index (χ3v) is 6.28. The highest BCUT2D eigenvalue weighted by Crippen LogP contribution is 2.24. The molecule has 0 aliphatic carbocycles. The van der Waals surface area contributed by atoms with Gasteiger partial charge in [0.1, 0.15) is 5.82 Å². The molecule has 0 N–H and O–H groups in total. The van der Waals surface area contributed by atoms with Gasteiger partial charge in [-0.1, -0.05) is 18.2 Å². The van der Waals surface area contributed by atoms with E-state index < -0.39 is 32.5 Å². The van der Waals surface area contributed by atoms with Gasteiger partial charge in [-0.05, 0) is 24.6 Å². The number of nitro benzene ring substituents is 1. The third-order valence-electron chi connectivity index (χ3n) is 4.53. The molecule has 0 saturated carbocycles. The molecule has 0 bridgehead atoms. The van der Waals surface area contributed by atoms with Crippen LogP contribution in [0.2, 0.25) is 0 Å². The minimum Gasteiger partial charge on any atom is -0.330 e. The van der Waals surface area contributed by atoms with Crippen LogP contribution in [0.25, 0.3) is 0 Å². The number of carbonyl (C=O) groups excluding carboxylic acids is 1. The van der Waals surface area contributed by atoms with Gasteiger partial charge in [-0.15, -0.1) is 0 Å². The zero-order valence-corrected chi connectivity index (χ0v) is 15.1. The molecule has 1 aliphatic rings. The van der Waals surface area contributed by atoms with Gasteiger partial charge in [-0.25, -0.2) is 12.8 Å². The fraction of sp³-hybridized carbons (Fsp3) is 0.278. The van der Waals surface area contributed by atoms with Crippen molar-refractivity contribution in [1.29, 1.82) is 0 Å². The lowest BCUT2D eigenvalue weighted by Gasteiger charge is -2.28. The molecule has 1 atom stereocenters. The summed E-state index contributed by atoms with van der Waals surface area (Å²) in [5.74, 6) is -1.19. The van der Waals surface area contributed by atoms with Crippen molar-refractivity contribution in [3.63, 3.8) is 0 Å². The number of amides is 1. The lowest BCUT2D eigenvalue weighted by molar-refractivity contribution is -0.384. The molecule has 1 amide bonds. The molecule has 1 aliphatic heterocycles. The summed E-state index contributed by atoms with van der Waals surface area (Å²) in [5, 5.41) is 10.8. The highest BCUT2D eigenvalue weighted by atomic mass is 32.2. The summed E-state index contributed by atoms with van der Waals surface area (Å²) in [4.78, 5) is 24.5. The summed E-state index contributed by atoms with van der Waals surface area (Å²) < 4.78 is 37.8. The van der Waals surface area contributed by atoms with Gasteiger partial charge in [0.05, 0.1) is 16.4 Å². The second kappa shape index (κ2) is 7.43. The van der Waals surface area contributed by atoms with Crippen LogP contribution in [0.3, 0.4) is 0 Å². The smallest absolute Gasteiger partial charge is 0.269 e. The first-order chi connectivity index (χ1) is 12.8.